The van der Waals surface area contributed by atoms with Gasteiger partial charge in [0.15, 0.2) is 11.6 Å². The zero-order valence-corrected chi connectivity index (χ0v) is 23.2. The number of carbonyl (C=O) groups excluding carboxylic acids is 4. The van der Waals surface area contributed by atoms with Crippen molar-refractivity contribution in [2.45, 2.75) is 71.1 Å². The van der Waals surface area contributed by atoms with Gasteiger partial charge in [-0.2, -0.15) is 0 Å². The monoisotopic (exact) mass is 581 g/mol. The Bertz CT molecular complexity index is 1700. The van der Waals surface area contributed by atoms with E-state index in [0.717, 1.165) is 12.1 Å². The van der Waals surface area contributed by atoms with Crippen molar-refractivity contribution in [1.82, 2.24) is 14.9 Å². The largest absolute Gasteiger partial charge is 0.460 e. The molecule has 0 unspecified atom stereocenters. The lowest BCUT2D eigenvalue weighted by Gasteiger charge is -2.32. The SMILES string of the molecule is CCC(=O)CCCC(=O)NCC(=O)O[C@@]1(CC)CC(=O)OCc2c1cc1n(c2=O)Cc2cc3cc(F)c(F)cc3nc2-1. The van der Waals surface area contributed by atoms with Crippen LogP contribution in [0.1, 0.15) is 69.1 Å². The molecule has 12 heteroatoms. The predicted octanol–water partition coefficient (Wildman–Crippen LogP) is 3.56. The van der Waals surface area contributed by atoms with Crippen LogP contribution in [0.25, 0.3) is 22.3 Å². The number of esters is 2. The Morgan fingerprint density at radius 3 is 2.60 bits per heavy atom. The molecular weight excluding hydrogens is 552 g/mol. The summed E-state index contributed by atoms with van der Waals surface area (Å²) in [6, 6.07) is 5.30. The van der Waals surface area contributed by atoms with Gasteiger partial charge in [-0.3, -0.25) is 24.0 Å². The lowest BCUT2D eigenvalue weighted by molar-refractivity contribution is -0.167. The van der Waals surface area contributed by atoms with Crippen LogP contribution in [0.3, 0.4) is 0 Å². The first-order valence-corrected chi connectivity index (χ1v) is 13.8. The number of fused-ring (bicyclic) bond motifs is 5. The fourth-order valence-electron chi connectivity index (χ4n) is 5.46. The van der Waals surface area contributed by atoms with Crippen LogP contribution in [0.15, 0.2) is 29.1 Å². The number of rotatable bonds is 9. The van der Waals surface area contributed by atoms with Gasteiger partial charge in [-0.1, -0.05) is 13.8 Å². The van der Waals surface area contributed by atoms with E-state index in [1.807, 2.05) is 0 Å². The van der Waals surface area contributed by atoms with Crippen molar-refractivity contribution in [3.05, 3.63) is 62.9 Å². The molecule has 2 aliphatic heterocycles. The lowest BCUT2D eigenvalue weighted by atomic mass is 9.85. The normalized spacial score (nSPS) is 17.1. The maximum atomic E-state index is 14.0. The summed E-state index contributed by atoms with van der Waals surface area (Å²) in [6.45, 7) is 2.74. The number of cyclic esters (lactones) is 1. The Morgan fingerprint density at radius 1 is 1.10 bits per heavy atom. The van der Waals surface area contributed by atoms with Crippen LogP contribution in [0.4, 0.5) is 8.78 Å². The third kappa shape index (κ3) is 5.40. The van der Waals surface area contributed by atoms with Gasteiger partial charge >= 0.3 is 11.9 Å². The van der Waals surface area contributed by atoms with Crippen molar-refractivity contribution in [3.8, 4) is 11.4 Å². The van der Waals surface area contributed by atoms with Crippen LogP contribution in [0, 0.1) is 11.6 Å². The van der Waals surface area contributed by atoms with E-state index < -0.39 is 47.2 Å². The standard InChI is InChI=1S/C30H29F2N3O7/c1-3-18(36)6-5-7-25(37)33-13-27(39)42-30(4-2)12-26(38)41-15-19-20(30)10-24-28-17(14-35(24)29(19)40)8-16-9-21(31)22(32)11-23(16)34-28/h8-11H,3-7,12-15H2,1-2H3,(H,33,37)/t30-/m0/s1. The van der Waals surface area contributed by atoms with E-state index in [9.17, 15) is 32.8 Å². The Morgan fingerprint density at radius 2 is 1.86 bits per heavy atom. The van der Waals surface area contributed by atoms with Crippen molar-refractivity contribution >= 4 is 34.5 Å². The molecule has 0 saturated carbocycles. The number of ether oxygens (including phenoxy) is 2. The van der Waals surface area contributed by atoms with Crippen LogP contribution in [0.5, 0.6) is 0 Å². The van der Waals surface area contributed by atoms with E-state index in [2.05, 4.69) is 10.3 Å². The van der Waals surface area contributed by atoms with Gasteiger partial charge in [0.2, 0.25) is 5.91 Å². The number of Topliss-reactive ketones (excluding diaryl/α,β-unsaturated/α-hetero) is 1. The molecule has 3 aromatic rings. The molecule has 1 N–H and O–H groups in total. The molecule has 5 rings (SSSR count). The van der Waals surface area contributed by atoms with Gasteiger partial charge in [0.25, 0.3) is 5.56 Å². The number of halogens is 2. The van der Waals surface area contributed by atoms with Crippen LogP contribution in [0.2, 0.25) is 0 Å². The maximum Gasteiger partial charge on any atom is 0.326 e. The highest BCUT2D eigenvalue weighted by atomic mass is 19.2. The van der Waals surface area contributed by atoms with Crippen molar-refractivity contribution in [3.63, 3.8) is 0 Å². The fourth-order valence-corrected chi connectivity index (χ4v) is 5.46. The number of aromatic nitrogens is 2. The first-order valence-electron chi connectivity index (χ1n) is 13.8. The van der Waals surface area contributed by atoms with Gasteiger partial charge in [0.05, 0.1) is 35.4 Å². The third-order valence-corrected chi connectivity index (χ3v) is 7.77. The second kappa shape index (κ2) is 11.4. The molecule has 0 spiro atoms. The molecule has 0 aliphatic carbocycles. The van der Waals surface area contributed by atoms with Gasteiger partial charge in [-0.25, -0.2) is 13.8 Å². The molecule has 0 bridgehead atoms. The molecule has 1 aromatic carbocycles. The summed E-state index contributed by atoms with van der Waals surface area (Å²) in [6.07, 6.45) is 0.826. The van der Waals surface area contributed by atoms with Gasteiger partial charge in [0.1, 0.15) is 24.5 Å². The summed E-state index contributed by atoms with van der Waals surface area (Å²) in [5.41, 5.74) is -0.0468. The Balaban J connectivity index is 1.46. The highest BCUT2D eigenvalue weighted by Crippen LogP contribution is 2.41. The summed E-state index contributed by atoms with van der Waals surface area (Å²) in [5, 5.41) is 2.85. The zero-order valence-electron chi connectivity index (χ0n) is 23.2. The molecule has 0 radical (unpaired) electrons. The van der Waals surface area contributed by atoms with Gasteiger partial charge < -0.3 is 19.4 Å². The minimum absolute atomic E-state index is 0.0421. The van der Waals surface area contributed by atoms with Crippen molar-refractivity contribution < 1.29 is 37.4 Å². The molecule has 1 amide bonds. The molecule has 0 fully saturated rings. The molecular formula is C30H29F2N3O7. The highest BCUT2D eigenvalue weighted by Gasteiger charge is 2.44. The number of pyridine rings is 2. The molecule has 10 nitrogen and oxygen atoms in total. The van der Waals surface area contributed by atoms with Gasteiger partial charge in [-0.15, -0.1) is 0 Å². The number of amides is 1. The second-order valence-electron chi connectivity index (χ2n) is 10.5. The van der Waals surface area contributed by atoms with Crippen molar-refractivity contribution in [2.75, 3.05) is 6.54 Å². The van der Waals surface area contributed by atoms with Crippen LogP contribution >= 0.6 is 0 Å². The van der Waals surface area contributed by atoms with E-state index in [0.29, 0.717) is 35.2 Å². The summed E-state index contributed by atoms with van der Waals surface area (Å²) in [7, 11) is 0. The molecule has 0 saturated heterocycles. The summed E-state index contributed by atoms with van der Waals surface area (Å²) < 4.78 is 40.4. The molecule has 42 heavy (non-hydrogen) atoms. The van der Waals surface area contributed by atoms with Gasteiger partial charge in [0, 0.05) is 41.8 Å². The number of hydrogen-bond acceptors (Lipinski definition) is 8. The van der Waals surface area contributed by atoms with E-state index >= 15 is 0 Å². The first kappa shape index (κ1) is 29.0. The van der Waals surface area contributed by atoms with E-state index in [-0.39, 0.29) is 61.3 Å². The summed E-state index contributed by atoms with van der Waals surface area (Å²) in [4.78, 5) is 67.5. The van der Waals surface area contributed by atoms with Crippen molar-refractivity contribution in [2.24, 2.45) is 0 Å². The quantitative estimate of drug-likeness (QED) is 0.297. The van der Waals surface area contributed by atoms with E-state index in [1.165, 1.54) is 4.57 Å². The zero-order chi connectivity index (χ0) is 30.2. The number of carbonyl (C=O) groups is 4. The number of ketones is 1. The first-order chi connectivity index (χ1) is 20.0. The average Bonchev–Trinajstić information content (AvgIpc) is 3.24. The minimum atomic E-state index is -1.57. The number of nitrogens with one attached hydrogen (secondary N) is 1. The maximum absolute atomic E-state index is 14.0. The number of hydrogen-bond donors (Lipinski definition) is 1. The molecule has 220 valence electrons. The Hall–Kier alpha value is -4.48. The summed E-state index contributed by atoms with van der Waals surface area (Å²) in [5.74, 6) is -3.94. The van der Waals surface area contributed by atoms with Crippen LogP contribution in [-0.2, 0) is 47.4 Å². The second-order valence-corrected chi connectivity index (χ2v) is 10.5. The number of benzene rings is 1. The predicted molar refractivity (Wildman–Crippen MR) is 145 cm³/mol. The van der Waals surface area contributed by atoms with Crippen LogP contribution in [-0.4, -0.2) is 39.7 Å². The molecule has 4 heterocycles. The smallest absolute Gasteiger partial charge is 0.326 e. The van der Waals surface area contributed by atoms with Crippen LogP contribution < -0.4 is 10.9 Å². The van der Waals surface area contributed by atoms with E-state index in [4.69, 9.17) is 9.47 Å². The van der Waals surface area contributed by atoms with Crippen molar-refractivity contribution in [1.29, 1.82) is 0 Å². The third-order valence-electron chi connectivity index (χ3n) is 7.77. The lowest BCUT2D eigenvalue weighted by Crippen LogP contribution is -2.40. The average molecular weight is 582 g/mol. The number of nitrogens with zero attached hydrogens (tertiary/aromatic N) is 2. The topological polar surface area (TPSA) is 134 Å². The molecule has 1 atom stereocenters. The Labute approximate surface area is 239 Å². The highest BCUT2D eigenvalue weighted by molar-refractivity contribution is 5.85. The van der Waals surface area contributed by atoms with E-state index in [1.54, 1.807) is 26.0 Å². The molecule has 2 aliphatic rings. The van der Waals surface area contributed by atoms with Gasteiger partial charge in [-0.05, 0) is 31.0 Å². The summed E-state index contributed by atoms with van der Waals surface area (Å²) >= 11 is 0. The molecule has 2 aromatic heterocycles. The minimum Gasteiger partial charge on any atom is -0.460 e. The fraction of sp³-hybridized carbons (Fsp3) is 0.400. The Kier molecular flexibility index (Phi) is 7.89.